The first-order valence-corrected chi connectivity index (χ1v) is 12.0. The number of halogens is 1. The maximum Gasteiger partial charge on any atom is 0.225 e. The van der Waals surface area contributed by atoms with E-state index in [2.05, 4.69) is 35.2 Å². The van der Waals surface area contributed by atoms with Gasteiger partial charge in [0.1, 0.15) is 23.8 Å². The fourth-order valence-corrected chi connectivity index (χ4v) is 5.21. The molecule has 8 heteroatoms. The van der Waals surface area contributed by atoms with Crippen LogP contribution in [0.15, 0.2) is 35.7 Å². The third-order valence-electron chi connectivity index (χ3n) is 6.31. The van der Waals surface area contributed by atoms with Gasteiger partial charge in [0, 0.05) is 50.7 Å². The molecule has 2 aromatic rings. The monoisotopic (exact) mass is 461 g/mol. The van der Waals surface area contributed by atoms with Gasteiger partial charge in [0.25, 0.3) is 0 Å². The lowest BCUT2D eigenvalue weighted by Crippen LogP contribution is -2.58. The van der Waals surface area contributed by atoms with Crippen LogP contribution in [0, 0.1) is 12.7 Å². The Balaban J connectivity index is 1.47. The quantitative estimate of drug-likeness (QED) is 0.634. The third kappa shape index (κ3) is 5.86. The van der Waals surface area contributed by atoms with Crippen molar-refractivity contribution in [2.75, 3.05) is 59.5 Å². The Labute approximate surface area is 193 Å². The number of amides is 1. The van der Waals surface area contributed by atoms with Crippen molar-refractivity contribution in [2.24, 2.45) is 0 Å². The lowest BCUT2D eigenvalue weighted by atomic mass is 9.96. The molecule has 32 heavy (non-hydrogen) atoms. The van der Waals surface area contributed by atoms with Gasteiger partial charge in [-0.1, -0.05) is 0 Å². The molecule has 3 heterocycles. The van der Waals surface area contributed by atoms with Crippen molar-refractivity contribution in [3.05, 3.63) is 52.0 Å². The zero-order valence-corrected chi connectivity index (χ0v) is 19.7. The summed E-state index contributed by atoms with van der Waals surface area (Å²) in [6, 6.07) is 8.13. The van der Waals surface area contributed by atoms with E-state index < -0.39 is 5.60 Å². The summed E-state index contributed by atoms with van der Waals surface area (Å²) < 4.78 is 25.6. The van der Waals surface area contributed by atoms with Gasteiger partial charge < -0.3 is 19.3 Å². The zero-order valence-electron chi connectivity index (χ0n) is 18.9. The number of benzene rings is 1. The molecule has 2 aliphatic rings. The van der Waals surface area contributed by atoms with Crippen LogP contribution < -0.4 is 4.74 Å². The van der Waals surface area contributed by atoms with Crippen LogP contribution in [0.5, 0.6) is 5.75 Å². The lowest BCUT2D eigenvalue weighted by Gasteiger charge is -2.43. The molecule has 4 rings (SSSR count). The van der Waals surface area contributed by atoms with Gasteiger partial charge in [-0.2, -0.15) is 0 Å². The van der Waals surface area contributed by atoms with Crippen LogP contribution in [0.4, 0.5) is 4.39 Å². The highest BCUT2D eigenvalue weighted by atomic mass is 32.1. The molecule has 1 atom stereocenters. The van der Waals surface area contributed by atoms with Crippen molar-refractivity contribution in [1.82, 2.24) is 14.7 Å². The summed E-state index contributed by atoms with van der Waals surface area (Å²) in [6.07, 6.45) is 0.276. The van der Waals surface area contributed by atoms with Gasteiger partial charge in [-0.05, 0) is 55.2 Å². The number of rotatable bonds is 7. The van der Waals surface area contributed by atoms with E-state index in [4.69, 9.17) is 9.47 Å². The summed E-state index contributed by atoms with van der Waals surface area (Å²) in [7, 11) is 2.08. The van der Waals surface area contributed by atoms with Gasteiger partial charge in [-0.25, -0.2) is 4.39 Å². The van der Waals surface area contributed by atoms with E-state index in [0.29, 0.717) is 18.9 Å². The summed E-state index contributed by atoms with van der Waals surface area (Å²) in [5.74, 6) is 0.381. The van der Waals surface area contributed by atoms with Crippen molar-refractivity contribution < 1.29 is 18.7 Å². The zero-order chi connectivity index (χ0) is 22.6. The van der Waals surface area contributed by atoms with E-state index in [1.54, 1.807) is 23.5 Å². The first kappa shape index (κ1) is 23.2. The molecule has 2 aliphatic heterocycles. The number of hydrogen-bond acceptors (Lipinski definition) is 6. The molecule has 1 unspecified atom stereocenters. The molecule has 2 saturated heterocycles. The minimum Gasteiger partial charge on any atom is -0.491 e. The van der Waals surface area contributed by atoms with Gasteiger partial charge in [-0.15, -0.1) is 11.3 Å². The van der Waals surface area contributed by atoms with Crippen molar-refractivity contribution in [1.29, 1.82) is 0 Å². The number of aryl methyl sites for hydroxylation is 1. The molecule has 0 saturated carbocycles. The van der Waals surface area contributed by atoms with Crippen molar-refractivity contribution in [3.8, 4) is 5.75 Å². The number of ether oxygens (including phenoxy) is 2. The Morgan fingerprint density at radius 2 is 1.91 bits per heavy atom. The molecule has 2 fully saturated rings. The van der Waals surface area contributed by atoms with Crippen molar-refractivity contribution in [3.63, 3.8) is 0 Å². The average molecular weight is 462 g/mol. The fraction of sp³-hybridized carbons (Fsp3) is 0.542. The Bertz CT molecular complexity index is 898. The summed E-state index contributed by atoms with van der Waals surface area (Å²) >= 11 is 1.76. The smallest absolute Gasteiger partial charge is 0.225 e. The molecule has 0 radical (unpaired) electrons. The van der Waals surface area contributed by atoms with Crippen molar-refractivity contribution in [2.45, 2.75) is 25.5 Å². The summed E-state index contributed by atoms with van der Waals surface area (Å²) in [5, 5.41) is 2.12. The number of morpholine rings is 1. The second-order valence-corrected chi connectivity index (χ2v) is 9.87. The maximum atomic E-state index is 13.3. The third-order valence-corrected chi connectivity index (χ3v) is 7.32. The van der Waals surface area contributed by atoms with E-state index in [0.717, 1.165) is 39.3 Å². The molecule has 0 spiro atoms. The number of likely N-dealkylation sites (N-methyl/N-ethyl adjacent to an activating group) is 1. The highest BCUT2D eigenvalue weighted by Gasteiger charge is 2.41. The number of piperazine rings is 1. The van der Waals surface area contributed by atoms with Crippen LogP contribution in [0.25, 0.3) is 0 Å². The lowest BCUT2D eigenvalue weighted by molar-refractivity contribution is -0.157. The molecule has 6 nitrogen and oxygen atoms in total. The topological polar surface area (TPSA) is 45.3 Å². The minimum absolute atomic E-state index is 0.106. The Morgan fingerprint density at radius 3 is 2.59 bits per heavy atom. The van der Waals surface area contributed by atoms with Gasteiger partial charge in [0.15, 0.2) is 0 Å². The van der Waals surface area contributed by atoms with E-state index in [1.807, 2.05) is 4.90 Å². The van der Waals surface area contributed by atoms with Crippen LogP contribution in [0.1, 0.15) is 16.9 Å². The van der Waals surface area contributed by atoms with Crippen LogP contribution in [0.2, 0.25) is 0 Å². The molecular weight excluding hydrogens is 429 g/mol. The van der Waals surface area contributed by atoms with Crippen LogP contribution in [-0.4, -0.2) is 85.7 Å². The normalized spacial score (nSPS) is 22.8. The Morgan fingerprint density at radius 1 is 1.16 bits per heavy atom. The summed E-state index contributed by atoms with van der Waals surface area (Å²) in [4.78, 5) is 21.1. The van der Waals surface area contributed by atoms with E-state index in [-0.39, 0.29) is 24.8 Å². The van der Waals surface area contributed by atoms with Gasteiger partial charge >= 0.3 is 0 Å². The van der Waals surface area contributed by atoms with Crippen LogP contribution >= 0.6 is 11.3 Å². The molecule has 0 bridgehead atoms. The van der Waals surface area contributed by atoms with Gasteiger partial charge in [0.2, 0.25) is 5.91 Å². The van der Waals surface area contributed by atoms with E-state index >= 15 is 0 Å². The first-order valence-electron chi connectivity index (χ1n) is 11.2. The highest BCUT2D eigenvalue weighted by molar-refractivity contribution is 7.10. The fourth-order valence-electron chi connectivity index (χ4n) is 4.26. The average Bonchev–Trinajstić information content (AvgIpc) is 3.18. The van der Waals surface area contributed by atoms with E-state index in [9.17, 15) is 9.18 Å². The standard InChI is InChI=1S/C24H32FN3O3S/c1-19-7-14-32-22(19)16-27-12-13-31-24(17-27,18-30-21-5-3-20(25)4-6-21)15-23(29)28-10-8-26(2)9-11-28/h3-7,14H,8-13,15-18H2,1-2H3. The maximum absolute atomic E-state index is 13.3. The highest BCUT2D eigenvalue weighted by Crippen LogP contribution is 2.28. The molecule has 0 N–H and O–H groups in total. The molecule has 1 aromatic heterocycles. The second kappa shape index (κ2) is 10.3. The largest absolute Gasteiger partial charge is 0.491 e. The number of nitrogens with zero attached hydrogens (tertiary/aromatic N) is 3. The molecule has 1 amide bonds. The summed E-state index contributed by atoms with van der Waals surface area (Å²) in [5.41, 5.74) is 0.557. The van der Waals surface area contributed by atoms with Gasteiger partial charge in [-0.3, -0.25) is 9.69 Å². The molecule has 1 aromatic carbocycles. The number of hydrogen-bond donors (Lipinski definition) is 0. The SMILES string of the molecule is Cc1ccsc1CN1CCOC(COc2ccc(F)cc2)(CC(=O)N2CCN(C)CC2)C1. The van der Waals surface area contributed by atoms with Crippen LogP contribution in [-0.2, 0) is 16.1 Å². The molecular formula is C24H32FN3O3S. The summed E-state index contributed by atoms with van der Waals surface area (Å²) in [6.45, 7) is 8.45. The Kier molecular flexibility index (Phi) is 7.45. The molecule has 0 aliphatic carbocycles. The Hall–Kier alpha value is -2.00. The van der Waals surface area contributed by atoms with Crippen LogP contribution in [0.3, 0.4) is 0 Å². The minimum atomic E-state index is -0.738. The van der Waals surface area contributed by atoms with E-state index in [1.165, 1.54) is 22.6 Å². The molecule has 174 valence electrons. The number of carbonyl (C=O) groups is 1. The first-order chi connectivity index (χ1) is 15.4. The second-order valence-electron chi connectivity index (χ2n) is 8.87. The number of thiophene rings is 1. The van der Waals surface area contributed by atoms with Crippen molar-refractivity contribution >= 4 is 17.2 Å². The number of carbonyl (C=O) groups excluding carboxylic acids is 1. The predicted octanol–water partition coefficient (Wildman–Crippen LogP) is 3.01. The predicted molar refractivity (Wildman–Crippen MR) is 124 cm³/mol. The van der Waals surface area contributed by atoms with Gasteiger partial charge in [0.05, 0.1) is 13.0 Å².